The Labute approximate surface area is 257 Å². The third-order valence-corrected chi connectivity index (χ3v) is 6.73. The molecule has 13 nitrogen and oxygen atoms in total. The van der Waals surface area contributed by atoms with Crippen molar-refractivity contribution < 1.29 is 19.2 Å². The van der Waals surface area contributed by atoms with Crippen LogP contribution >= 0.6 is 11.6 Å². The lowest BCUT2D eigenvalue weighted by Crippen LogP contribution is -2.16. The number of benzene rings is 2. The van der Waals surface area contributed by atoms with Crippen LogP contribution in [0.15, 0.2) is 60.9 Å². The Hall–Kier alpha value is -5.17. The standard InChI is InChI=1S/C30H29ClN8O5/c1-18(2)44-29(40)27-19(3)34-30(35-28(27)23-7-4-5-8-26(23)39(41)42)43-17-21-16-38(37-36-21)14-6-12-32-24-11-13-33-25-15-20(31)9-10-22(24)25/h4-5,7-11,13,15-16,18H,6,12,14,17H2,1-3H3,(H,32,33). The Bertz CT molecular complexity index is 1830. The normalized spacial score (nSPS) is 11.1. The van der Waals surface area contributed by atoms with E-state index < -0.39 is 17.0 Å². The van der Waals surface area contributed by atoms with Gasteiger partial charge in [-0.15, -0.1) is 5.10 Å². The number of nitro benzene ring substituents is 1. The number of nitro groups is 1. The Morgan fingerprint density at radius 1 is 1.16 bits per heavy atom. The predicted octanol–water partition coefficient (Wildman–Crippen LogP) is 5.80. The van der Waals surface area contributed by atoms with E-state index in [1.54, 1.807) is 43.9 Å². The number of carbonyl (C=O) groups is 1. The summed E-state index contributed by atoms with van der Waals surface area (Å²) in [7, 11) is 0. The van der Waals surface area contributed by atoms with Gasteiger partial charge in [0.15, 0.2) is 0 Å². The average Bonchev–Trinajstić information content (AvgIpc) is 3.45. The fourth-order valence-electron chi connectivity index (χ4n) is 4.55. The minimum Gasteiger partial charge on any atom is -0.459 e. The molecule has 0 radical (unpaired) electrons. The molecule has 0 aliphatic heterocycles. The third-order valence-electron chi connectivity index (χ3n) is 6.49. The van der Waals surface area contributed by atoms with Gasteiger partial charge in [-0.1, -0.05) is 28.9 Å². The maximum absolute atomic E-state index is 13.0. The zero-order valence-corrected chi connectivity index (χ0v) is 25.0. The molecule has 5 aromatic rings. The van der Waals surface area contributed by atoms with Gasteiger partial charge in [-0.2, -0.15) is 9.97 Å². The van der Waals surface area contributed by atoms with Crippen LogP contribution in [0.5, 0.6) is 6.01 Å². The molecule has 44 heavy (non-hydrogen) atoms. The molecule has 3 heterocycles. The van der Waals surface area contributed by atoms with Crippen LogP contribution in [0.3, 0.4) is 0 Å². The van der Waals surface area contributed by atoms with Crippen molar-refractivity contribution in [1.29, 1.82) is 0 Å². The molecule has 0 saturated carbocycles. The number of hydrogen-bond donors (Lipinski definition) is 1. The van der Waals surface area contributed by atoms with Crippen molar-refractivity contribution in [1.82, 2.24) is 29.9 Å². The van der Waals surface area contributed by atoms with Crippen molar-refractivity contribution in [3.05, 3.63) is 93.0 Å². The van der Waals surface area contributed by atoms with E-state index in [-0.39, 0.29) is 40.8 Å². The molecule has 3 aromatic heterocycles. The molecule has 0 atom stereocenters. The van der Waals surface area contributed by atoms with Gasteiger partial charge >= 0.3 is 12.0 Å². The number of fused-ring (bicyclic) bond motifs is 1. The van der Waals surface area contributed by atoms with Gasteiger partial charge in [-0.3, -0.25) is 19.8 Å². The van der Waals surface area contributed by atoms with E-state index in [1.807, 2.05) is 24.3 Å². The van der Waals surface area contributed by atoms with Crippen LogP contribution in [0, 0.1) is 17.0 Å². The fourth-order valence-corrected chi connectivity index (χ4v) is 4.72. The second kappa shape index (κ2) is 13.4. The van der Waals surface area contributed by atoms with Crippen LogP contribution in [0.1, 0.15) is 42.0 Å². The molecule has 0 aliphatic carbocycles. The summed E-state index contributed by atoms with van der Waals surface area (Å²) < 4.78 is 12.9. The van der Waals surface area contributed by atoms with Gasteiger partial charge in [-0.25, -0.2) is 4.79 Å². The molecule has 0 fully saturated rings. The maximum atomic E-state index is 13.0. The smallest absolute Gasteiger partial charge is 0.342 e. The molecule has 14 heteroatoms. The largest absolute Gasteiger partial charge is 0.459 e. The highest BCUT2D eigenvalue weighted by Gasteiger charge is 2.27. The number of nitrogens with zero attached hydrogens (tertiary/aromatic N) is 7. The number of aromatic nitrogens is 6. The molecule has 2 aromatic carbocycles. The van der Waals surface area contributed by atoms with Crippen LogP contribution in [0.25, 0.3) is 22.2 Å². The van der Waals surface area contributed by atoms with Crippen molar-refractivity contribution in [2.24, 2.45) is 0 Å². The first-order valence-electron chi connectivity index (χ1n) is 13.8. The van der Waals surface area contributed by atoms with Crippen LogP contribution in [0.4, 0.5) is 11.4 Å². The van der Waals surface area contributed by atoms with E-state index in [1.165, 1.54) is 18.2 Å². The van der Waals surface area contributed by atoms with Crippen molar-refractivity contribution in [2.45, 2.75) is 46.4 Å². The SMILES string of the molecule is Cc1nc(OCc2cn(CCCNc3ccnc4cc(Cl)ccc34)nn2)nc(-c2ccccc2[N+](=O)[O-])c1C(=O)OC(C)C. The van der Waals surface area contributed by atoms with Gasteiger partial charge < -0.3 is 14.8 Å². The van der Waals surface area contributed by atoms with Gasteiger partial charge in [-0.05, 0) is 57.5 Å². The average molecular weight is 617 g/mol. The summed E-state index contributed by atoms with van der Waals surface area (Å²) in [5.41, 5.74) is 2.60. The summed E-state index contributed by atoms with van der Waals surface area (Å²) in [5, 5.41) is 25.1. The van der Waals surface area contributed by atoms with Gasteiger partial charge in [0.25, 0.3) is 5.69 Å². The summed E-state index contributed by atoms with van der Waals surface area (Å²) in [6.07, 6.45) is 3.86. The van der Waals surface area contributed by atoms with E-state index in [0.717, 1.165) is 23.0 Å². The van der Waals surface area contributed by atoms with Crippen LogP contribution in [-0.4, -0.2) is 53.5 Å². The molecule has 226 valence electrons. The number of ether oxygens (including phenoxy) is 2. The highest BCUT2D eigenvalue weighted by Crippen LogP contribution is 2.33. The Kier molecular flexibility index (Phi) is 9.24. The zero-order chi connectivity index (χ0) is 31.2. The Morgan fingerprint density at radius 3 is 2.77 bits per heavy atom. The summed E-state index contributed by atoms with van der Waals surface area (Å²) in [4.78, 5) is 37.3. The Balaban J connectivity index is 1.26. The van der Waals surface area contributed by atoms with E-state index in [0.29, 0.717) is 23.8 Å². The molecular weight excluding hydrogens is 588 g/mol. The number of rotatable bonds is 12. The molecule has 0 amide bonds. The van der Waals surface area contributed by atoms with Crippen molar-refractivity contribution in [2.75, 3.05) is 11.9 Å². The number of pyridine rings is 1. The summed E-state index contributed by atoms with van der Waals surface area (Å²) in [5.74, 6) is -0.684. The summed E-state index contributed by atoms with van der Waals surface area (Å²) >= 11 is 6.08. The zero-order valence-electron chi connectivity index (χ0n) is 24.2. The first-order valence-corrected chi connectivity index (χ1v) is 14.2. The number of carbonyl (C=O) groups excluding carboxylic acids is 1. The molecule has 0 unspecified atom stereocenters. The van der Waals surface area contributed by atoms with E-state index in [4.69, 9.17) is 21.1 Å². The van der Waals surface area contributed by atoms with E-state index in [2.05, 4.69) is 30.6 Å². The highest BCUT2D eigenvalue weighted by molar-refractivity contribution is 6.31. The number of anilines is 1. The van der Waals surface area contributed by atoms with Gasteiger partial charge in [0.1, 0.15) is 17.9 Å². The van der Waals surface area contributed by atoms with Gasteiger partial charge in [0.2, 0.25) is 0 Å². The van der Waals surface area contributed by atoms with Crippen molar-refractivity contribution in [3.63, 3.8) is 0 Å². The monoisotopic (exact) mass is 616 g/mol. The molecular formula is C30H29ClN8O5. The quantitative estimate of drug-likeness (QED) is 0.0780. The van der Waals surface area contributed by atoms with Gasteiger partial charge in [0, 0.05) is 41.4 Å². The first kappa shape index (κ1) is 30.3. The summed E-state index contributed by atoms with van der Waals surface area (Å²) in [6.45, 7) is 6.31. The highest BCUT2D eigenvalue weighted by atomic mass is 35.5. The number of aryl methyl sites for hydroxylation is 2. The first-order chi connectivity index (χ1) is 21.2. The lowest BCUT2D eigenvalue weighted by atomic mass is 10.0. The summed E-state index contributed by atoms with van der Waals surface area (Å²) in [6, 6.07) is 13.5. The molecule has 0 spiro atoms. The second-order valence-electron chi connectivity index (χ2n) is 10.1. The topological polar surface area (TPSA) is 160 Å². The number of esters is 1. The number of para-hydroxylation sites is 1. The lowest BCUT2D eigenvalue weighted by Gasteiger charge is -2.14. The molecule has 0 aliphatic rings. The molecule has 0 saturated heterocycles. The van der Waals surface area contributed by atoms with Crippen LogP contribution in [-0.2, 0) is 17.9 Å². The Morgan fingerprint density at radius 2 is 1.98 bits per heavy atom. The molecule has 1 N–H and O–H groups in total. The van der Waals surface area contributed by atoms with Crippen LogP contribution in [0.2, 0.25) is 5.02 Å². The lowest BCUT2D eigenvalue weighted by molar-refractivity contribution is -0.384. The van der Waals surface area contributed by atoms with E-state index >= 15 is 0 Å². The predicted molar refractivity (Wildman–Crippen MR) is 164 cm³/mol. The maximum Gasteiger partial charge on any atom is 0.342 e. The van der Waals surface area contributed by atoms with Gasteiger partial charge in [0.05, 0.1) is 39.7 Å². The van der Waals surface area contributed by atoms with Crippen molar-refractivity contribution in [3.8, 4) is 17.3 Å². The van der Waals surface area contributed by atoms with E-state index in [9.17, 15) is 14.9 Å². The minimum atomic E-state index is -0.684. The molecule has 5 rings (SSSR count). The number of halogens is 1. The minimum absolute atomic E-state index is 0.00460. The third kappa shape index (κ3) is 7.06. The fraction of sp³-hybridized carbons (Fsp3) is 0.267. The second-order valence-corrected chi connectivity index (χ2v) is 10.5. The molecule has 0 bridgehead atoms. The number of nitrogens with one attached hydrogen (secondary N) is 1. The van der Waals surface area contributed by atoms with Crippen molar-refractivity contribution >= 4 is 39.8 Å². The number of hydrogen-bond acceptors (Lipinski definition) is 11. The van der Waals surface area contributed by atoms with Crippen LogP contribution < -0.4 is 10.1 Å².